The smallest absolute Gasteiger partial charge is 0.236 e. The number of aromatic nitrogens is 2. The molecule has 1 unspecified atom stereocenters. The number of nitrogens with zero attached hydrogens (tertiary/aromatic N) is 4. The van der Waals surface area contributed by atoms with Crippen molar-refractivity contribution in [2.75, 3.05) is 20.1 Å². The van der Waals surface area contributed by atoms with Crippen molar-refractivity contribution < 1.29 is 4.79 Å². The fourth-order valence-corrected chi connectivity index (χ4v) is 6.76. The van der Waals surface area contributed by atoms with Crippen LogP contribution in [-0.2, 0) is 17.9 Å². The molecule has 0 radical (unpaired) electrons. The molecular formula is C33H38N4O. The molecule has 1 amide bonds. The van der Waals surface area contributed by atoms with Crippen LogP contribution in [0.5, 0.6) is 0 Å². The summed E-state index contributed by atoms with van der Waals surface area (Å²) in [6.45, 7) is 4.91. The number of carbonyl (C=O) groups excluding carboxylic acids is 1. The van der Waals surface area contributed by atoms with Crippen LogP contribution >= 0.6 is 0 Å². The number of likely N-dealkylation sites (N-methyl/N-ethyl adjacent to an activating group) is 1. The van der Waals surface area contributed by atoms with Gasteiger partial charge < -0.3 is 9.47 Å². The van der Waals surface area contributed by atoms with Gasteiger partial charge in [-0.3, -0.25) is 14.7 Å². The predicted molar refractivity (Wildman–Crippen MR) is 154 cm³/mol. The number of hydrogen-bond acceptors (Lipinski definition) is 3. The van der Waals surface area contributed by atoms with Crippen molar-refractivity contribution in [1.82, 2.24) is 19.4 Å². The highest BCUT2D eigenvalue weighted by atomic mass is 16.2. The molecule has 1 aliphatic carbocycles. The van der Waals surface area contributed by atoms with E-state index < -0.39 is 0 Å². The maximum absolute atomic E-state index is 13.4. The Labute approximate surface area is 226 Å². The van der Waals surface area contributed by atoms with Crippen LogP contribution in [-0.4, -0.2) is 45.4 Å². The molecule has 6 rings (SSSR count). The van der Waals surface area contributed by atoms with Gasteiger partial charge in [0.15, 0.2) is 0 Å². The van der Waals surface area contributed by atoms with E-state index in [9.17, 15) is 4.79 Å². The molecule has 1 saturated carbocycles. The molecular weight excluding hydrogens is 468 g/mol. The normalized spacial score (nSPS) is 18.4. The Hall–Kier alpha value is -3.44. The average Bonchev–Trinajstić information content (AvgIpc) is 3.28. The van der Waals surface area contributed by atoms with E-state index >= 15 is 0 Å². The lowest BCUT2D eigenvalue weighted by Crippen LogP contribution is -2.40. The van der Waals surface area contributed by atoms with E-state index in [0.29, 0.717) is 19.0 Å². The fraction of sp³-hybridized carbons (Fsp3) is 0.394. The van der Waals surface area contributed by atoms with E-state index in [2.05, 4.69) is 69.9 Å². The number of amides is 1. The molecule has 0 bridgehead atoms. The zero-order chi connectivity index (χ0) is 26.1. The van der Waals surface area contributed by atoms with Gasteiger partial charge in [0.25, 0.3) is 0 Å². The number of para-hydroxylation sites is 1. The minimum absolute atomic E-state index is 0.139. The summed E-state index contributed by atoms with van der Waals surface area (Å²) in [5.74, 6) is 0.753. The molecule has 2 aromatic carbocycles. The summed E-state index contributed by atoms with van der Waals surface area (Å²) in [5, 5.41) is 1.41. The summed E-state index contributed by atoms with van der Waals surface area (Å²) >= 11 is 0. The van der Waals surface area contributed by atoms with Crippen molar-refractivity contribution in [3.05, 3.63) is 89.7 Å². The van der Waals surface area contributed by atoms with Crippen LogP contribution in [0, 0.1) is 0 Å². The molecule has 1 aliphatic heterocycles. The third-order valence-electron chi connectivity index (χ3n) is 8.52. The SMILES string of the molecule is CC1CN(CC(=O)N(C)Cc2cccnc2)Cc2ccccc2-c2c(C3CCCCC3)c3ccccc3n21. The van der Waals surface area contributed by atoms with Crippen molar-refractivity contribution in [2.45, 2.75) is 64.1 Å². The second kappa shape index (κ2) is 10.7. The van der Waals surface area contributed by atoms with Gasteiger partial charge in [0, 0.05) is 61.6 Å². The van der Waals surface area contributed by atoms with Gasteiger partial charge in [-0.2, -0.15) is 0 Å². The third-order valence-corrected chi connectivity index (χ3v) is 8.52. The molecule has 5 heteroatoms. The topological polar surface area (TPSA) is 41.4 Å². The van der Waals surface area contributed by atoms with Gasteiger partial charge >= 0.3 is 0 Å². The summed E-state index contributed by atoms with van der Waals surface area (Å²) in [7, 11) is 1.89. The van der Waals surface area contributed by atoms with Crippen molar-refractivity contribution in [3.63, 3.8) is 0 Å². The molecule has 5 nitrogen and oxygen atoms in total. The van der Waals surface area contributed by atoms with E-state index in [4.69, 9.17) is 0 Å². The van der Waals surface area contributed by atoms with Gasteiger partial charge in [0.05, 0.1) is 12.2 Å². The Kier molecular flexibility index (Phi) is 7.03. The number of fused-ring (bicyclic) bond motifs is 5. The second-order valence-electron chi connectivity index (χ2n) is 11.3. The fourth-order valence-electron chi connectivity index (χ4n) is 6.76. The summed E-state index contributed by atoms with van der Waals surface area (Å²) in [5.41, 5.74) is 7.99. The zero-order valence-corrected chi connectivity index (χ0v) is 22.6. The van der Waals surface area contributed by atoms with E-state index in [1.165, 1.54) is 59.8 Å². The Morgan fingerprint density at radius 1 is 1.00 bits per heavy atom. The largest absolute Gasteiger partial charge is 0.340 e. The first kappa shape index (κ1) is 24.9. The Morgan fingerprint density at radius 3 is 2.61 bits per heavy atom. The molecule has 2 aliphatic rings. The number of hydrogen-bond donors (Lipinski definition) is 0. The Balaban J connectivity index is 1.37. The zero-order valence-electron chi connectivity index (χ0n) is 22.6. The third kappa shape index (κ3) is 4.76. The quantitative estimate of drug-likeness (QED) is 0.299. The summed E-state index contributed by atoms with van der Waals surface area (Å²) in [4.78, 5) is 21.7. The van der Waals surface area contributed by atoms with E-state index in [0.717, 1.165) is 18.7 Å². The molecule has 1 atom stereocenters. The van der Waals surface area contributed by atoms with Crippen molar-refractivity contribution >= 4 is 16.8 Å². The lowest BCUT2D eigenvalue weighted by atomic mass is 9.81. The first-order valence-electron chi connectivity index (χ1n) is 14.2. The number of rotatable bonds is 5. The lowest BCUT2D eigenvalue weighted by molar-refractivity contribution is -0.131. The summed E-state index contributed by atoms with van der Waals surface area (Å²) in [6.07, 6.45) is 10.2. The van der Waals surface area contributed by atoms with Gasteiger partial charge in [-0.05, 0) is 54.5 Å². The van der Waals surface area contributed by atoms with Crippen LogP contribution in [0.1, 0.15) is 67.7 Å². The molecule has 38 heavy (non-hydrogen) atoms. The Bertz CT molecular complexity index is 1420. The van der Waals surface area contributed by atoms with Gasteiger partial charge in [0.1, 0.15) is 0 Å². The van der Waals surface area contributed by atoms with Crippen molar-refractivity contribution in [2.24, 2.45) is 0 Å². The van der Waals surface area contributed by atoms with E-state index in [1.807, 2.05) is 30.3 Å². The maximum atomic E-state index is 13.4. The highest BCUT2D eigenvalue weighted by Crippen LogP contribution is 2.46. The monoisotopic (exact) mass is 506 g/mol. The molecule has 0 saturated heterocycles. The Morgan fingerprint density at radius 2 is 1.79 bits per heavy atom. The predicted octanol–water partition coefficient (Wildman–Crippen LogP) is 6.79. The van der Waals surface area contributed by atoms with E-state index in [1.54, 1.807) is 11.8 Å². The molecule has 196 valence electrons. The molecule has 2 aromatic heterocycles. The van der Waals surface area contributed by atoms with Gasteiger partial charge in [-0.15, -0.1) is 0 Å². The highest BCUT2D eigenvalue weighted by molar-refractivity contribution is 5.93. The van der Waals surface area contributed by atoms with E-state index in [-0.39, 0.29) is 11.9 Å². The van der Waals surface area contributed by atoms with Crippen LogP contribution in [0.15, 0.2) is 73.1 Å². The van der Waals surface area contributed by atoms with Crippen molar-refractivity contribution in [1.29, 1.82) is 0 Å². The number of benzene rings is 2. The molecule has 0 spiro atoms. The molecule has 0 N–H and O–H groups in total. The van der Waals surface area contributed by atoms with Crippen LogP contribution in [0.4, 0.5) is 0 Å². The minimum atomic E-state index is 0.139. The highest BCUT2D eigenvalue weighted by Gasteiger charge is 2.31. The summed E-state index contributed by atoms with van der Waals surface area (Å²) < 4.78 is 2.59. The number of carbonyl (C=O) groups is 1. The summed E-state index contributed by atoms with van der Waals surface area (Å²) in [6, 6.07) is 22.1. The van der Waals surface area contributed by atoms with Gasteiger partial charge in [-0.1, -0.05) is 67.8 Å². The number of pyridine rings is 1. The lowest BCUT2D eigenvalue weighted by Gasteiger charge is -2.33. The second-order valence-corrected chi connectivity index (χ2v) is 11.3. The molecule has 1 fully saturated rings. The van der Waals surface area contributed by atoms with Crippen LogP contribution in [0.3, 0.4) is 0 Å². The van der Waals surface area contributed by atoms with Crippen LogP contribution in [0.25, 0.3) is 22.2 Å². The average molecular weight is 507 g/mol. The van der Waals surface area contributed by atoms with Gasteiger partial charge in [-0.25, -0.2) is 0 Å². The molecule has 4 aromatic rings. The first-order valence-corrected chi connectivity index (χ1v) is 14.2. The molecule has 3 heterocycles. The first-order chi connectivity index (χ1) is 18.6. The minimum Gasteiger partial charge on any atom is -0.340 e. The van der Waals surface area contributed by atoms with Crippen molar-refractivity contribution in [3.8, 4) is 11.3 Å². The standard InChI is InChI=1S/C33H38N4O/c1-24-20-36(23-31(38)35(2)21-25-11-10-18-34-19-25)22-27-14-6-7-15-28(27)33-32(26-12-4-3-5-13-26)29-16-8-9-17-30(29)37(24)33/h6-11,14-19,24,26H,3-5,12-13,20-23H2,1-2H3. The maximum Gasteiger partial charge on any atom is 0.236 e. The van der Waals surface area contributed by atoms with Gasteiger partial charge in [0.2, 0.25) is 5.91 Å². The van der Waals surface area contributed by atoms with Crippen LogP contribution in [0.2, 0.25) is 0 Å². The van der Waals surface area contributed by atoms with Crippen LogP contribution < -0.4 is 0 Å².